The standard InChI is InChI=1S/C15H14N4/c1-11-8-17-7-6-15(11)19-10-12(9-18-19)13-4-2-3-5-14(13)16/h2-10H,16H2,1H3. The molecule has 0 amide bonds. The molecule has 0 aliphatic carbocycles. The summed E-state index contributed by atoms with van der Waals surface area (Å²) in [5, 5.41) is 4.40. The molecule has 0 radical (unpaired) electrons. The molecule has 0 saturated heterocycles. The van der Waals surface area contributed by atoms with Crippen molar-refractivity contribution in [3.8, 4) is 16.8 Å². The van der Waals surface area contributed by atoms with E-state index < -0.39 is 0 Å². The third kappa shape index (κ3) is 2.08. The number of nitrogens with two attached hydrogens (primary N) is 1. The lowest BCUT2D eigenvalue weighted by Crippen LogP contribution is -1.97. The van der Waals surface area contributed by atoms with Gasteiger partial charge in [-0.3, -0.25) is 4.98 Å². The molecule has 0 aliphatic rings. The number of rotatable bonds is 2. The smallest absolute Gasteiger partial charge is 0.0705 e. The van der Waals surface area contributed by atoms with E-state index >= 15 is 0 Å². The third-order valence-electron chi connectivity index (χ3n) is 3.09. The zero-order valence-electron chi connectivity index (χ0n) is 10.6. The Morgan fingerprint density at radius 1 is 1.11 bits per heavy atom. The van der Waals surface area contributed by atoms with Crippen molar-refractivity contribution in [3.63, 3.8) is 0 Å². The van der Waals surface area contributed by atoms with Crippen molar-refractivity contribution < 1.29 is 0 Å². The van der Waals surface area contributed by atoms with E-state index in [1.807, 2.05) is 60.5 Å². The highest BCUT2D eigenvalue weighted by atomic mass is 15.3. The number of hydrogen-bond acceptors (Lipinski definition) is 3. The first-order valence-corrected chi connectivity index (χ1v) is 6.06. The summed E-state index contributed by atoms with van der Waals surface area (Å²) >= 11 is 0. The van der Waals surface area contributed by atoms with Crippen LogP contribution in [0.5, 0.6) is 0 Å². The molecule has 2 N–H and O–H groups in total. The van der Waals surface area contributed by atoms with Crippen LogP contribution in [0.4, 0.5) is 5.69 Å². The maximum absolute atomic E-state index is 5.98. The Morgan fingerprint density at radius 2 is 1.95 bits per heavy atom. The normalized spacial score (nSPS) is 10.6. The summed E-state index contributed by atoms with van der Waals surface area (Å²) in [7, 11) is 0. The average Bonchev–Trinajstić information content (AvgIpc) is 2.89. The first kappa shape index (κ1) is 11.5. The number of nitrogens with zero attached hydrogens (tertiary/aromatic N) is 3. The maximum Gasteiger partial charge on any atom is 0.0705 e. The van der Waals surface area contributed by atoms with Gasteiger partial charge in [0.15, 0.2) is 0 Å². The van der Waals surface area contributed by atoms with Crippen molar-refractivity contribution in [2.75, 3.05) is 5.73 Å². The number of benzene rings is 1. The molecule has 94 valence electrons. The lowest BCUT2D eigenvalue weighted by molar-refractivity contribution is 0.869. The molecule has 19 heavy (non-hydrogen) atoms. The Balaban J connectivity index is 2.06. The molecule has 3 rings (SSSR count). The Labute approximate surface area is 111 Å². The predicted octanol–water partition coefficient (Wildman–Crippen LogP) is 2.82. The van der Waals surface area contributed by atoms with Gasteiger partial charge in [-0.2, -0.15) is 5.10 Å². The topological polar surface area (TPSA) is 56.7 Å². The number of para-hydroxylation sites is 1. The van der Waals surface area contributed by atoms with Gasteiger partial charge >= 0.3 is 0 Å². The van der Waals surface area contributed by atoms with E-state index in [2.05, 4.69) is 10.1 Å². The molecule has 0 aliphatic heterocycles. The van der Waals surface area contributed by atoms with Crippen molar-refractivity contribution in [2.45, 2.75) is 6.92 Å². The summed E-state index contributed by atoms with van der Waals surface area (Å²) in [5.74, 6) is 0. The molecular weight excluding hydrogens is 236 g/mol. The van der Waals surface area contributed by atoms with Gasteiger partial charge in [-0.15, -0.1) is 0 Å². The second kappa shape index (κ2) is 4.57. The fourth-order valence-corrected chi connectivity index (χ4v) is 2.08. The first-order valence-electron chi connectivity index (χ1n) is 6.06. The summed E-state index contributed by atoms with van der Waals surface area (Å²) in [6, 6.07) is 9.73. The molecule has 2 heterocycles. The molecule has 0 fully saturated rings. The van der Waals surface area contributed by atoms with E-state index in [0.29, 0.717) is 0 Å². The monoisotopic (exact) mass is 250 g/mol. The van der Waals surface area contributed by atoms with Crippen molar-refractivity contribution in [1.82, 2.24) is 14.8 Å². The minimum absolute atomic E-state index is 0.758. The number of nitrogen functional groups attached to an aromatic ring is 1. The van der Waals surface area contributed by atoms with Gasteiger partial charge in [-0.1, -0.05) is 18.2 Å². The fourth-order valence-electron chi connectivity index (χ4n) is 2.08. The highest BCUT2D eigenvalue weighted by molar-refractivity contribution is 5.75. The first-order chi connectivity index (χ1) is 9.25. The van der Waals surface area contributed by atoms with E-state index in [4.69, 9.17) is 5.73 Å². The van der Waals surface area contributed by atoms with E-state index in [1.54, 1.807) is 6.20 Å². The van der Waals surface area contributed by atoms with Gasteiger partial charge in [0.25, 0.3) is 0 Å². The van der Waals surface area contributed by atoms with Crippen molar-refractivity contribution >= 4 is 5.69 Å². The fraction of sp³-hybridized carbons (Fsp3) is 0.0667. The van der Waals surface area contributed by atoms with Crippen LogP contribution in [0.3, 0.4) is 0 Å². The van der Waals surface area contributed by atoms with Crippen LogP contribution in [0.15, 0.2) is 55.1 Å². The molecule has 0 spiro atoms. The Bertz CT molecular complexity index is 655. The third-order valence-corrected chi connectivity index (χ3v) is 3.09. The lowest BCUT2D eigenvalue weighted by Gasteiger charge is -2.04. The zero-order chi connectivity index (χ0) is 13.2. The van der Waals surface area contributed by atoms with Crippen molar-refractivity contribution in [1.29, 1.82) is 0 Å². The molecule has 4 heteroatoms. The van der Waals surface area contributed by atoms with Gasteiger partial charge < -0.3 is 5.73 Å². The van der Waals surface area contributed by atoms with Gasteiger partial charge in [0.05, 0.1) is 11.9 Å². The van der Waals surface area contributed by atoms with E-state index in [1.165, 1.54) is 0 Å². The summed E-state index contributed by atoms with van der Waals surface area (Å²) in [6.07, 6.45) is 7.40. The Kier molecular flexibility index (Phi) is 2.76. The Hall–Kier alpha value is -2.62. The quantitative estimate of drug-likeness (QED) is 0.711. The summed E-state index contributed by atoms with van der Waals surface area (Å²) in [5.41, 5.74) is 10.9. The van der Waals surface area contributed by atoms with Gasteiger partial charge in [0.2, 0.25) is 0 Å². The van der Waals surface area contributed by atoms with Gasteiger partial charge in [-0.25, -0.2) is 4.68 Å². The molecule has 0 unspecified atom stereocenters. The largest absolute Gasteiger partial charge is 0.398 e. The number of aryl methyl sites for hydroxylation is 1. The molecular formula is C15H14N4. The second-order valence-corrected chi connectivity index (χ2v) is 4.42. The number of pyridine rings is 1. The molecule has 0 bridgehead atoms. The summed E-state index contributed by atoms with van der Waals surface area (Å²) in [6.45, 7) is 2.01. The molecule has 4 nitrogen and oxygen atoms in total. The van der Waals surface area contributed by atoms with Crippen LogP contribution in [-0.2, 0) is 0 Å². The summed E-state index contributed by atoms with van der Waals surface area (Å²) < 4.78 is 1.85. The number of anilines is 1. The highest BCUT2D eigenvalue weighted by Crippen LogP contribution is 2.25. The number of hydrogen-bond donors (Lipinski definition) is 1. The molecule has 3 aromatic rings. The van der Waals surface area contributed by atoms with Crippen LogP contribution in [0.25, 0.3) is 16.8 Å². The minimum atomic E-state index is 0.758. The summed E-state index contributed by atoms with van der Waals surface area (Å²) in [4.78, 5) is 4.09. The molecule has 0 atom stereocenters. The van der Waals surface area contributed by atoms with Gasteiger partial charge in [-0.05, 0) is 24.6 Å². The van der Waals surface area contributed by atoms with Crippen LogP contribution >= 0.6 is 0 Å². The van der Waals surface area contributed by atoms with Crippen LogP contribution in [-0.4, -0.2) is 14.8 Å². The van der Waals surface area contributed by atoms with Crippen molar-refractivity contribution in [2.24, 2.45) is 0 Å². The molecule has 1 aromatic carbocycles. The Morgan fingerprint density at radius 3 is 2.74 bits per heavy atom. The van der Waals surface area contributed by atoms with Crippen molar-refractivity contribution in [3.05, 3.63) is 60.7 Å². The highest BCUT2D eigenvalue weighted by Gasteiger charge is 2.07. The number of aromatic nitrogens is 3. The van der Waals surface area contributed by atoms with E-state index in [-0.39, 0.29) is 0 Å². The minimum Gasteiger partial charge on any atom is -0.398 e. The van der Waals surface area contributed by atoms with Crippen LogP contribution in [0.2, 0.25) is 0 Å². The van der Waals surface area contributed by atoms with E-state index in [9.17, 15) is 0 Å². The predicted molar refractivity (Wildman–Crippen MR) is 75.9 cm³/mol. The van der Waals surface area contributed by atoms with Gasteiger partial charge in [0, 0.05) is 35.4 Å². The average molecular weight is 250 g/mol. The zero-order valence-corrected chi connectivity index (χ0v) is 10.6. The molecule has 0 saturated carbocycles. The molecule has 2 aromatic heterocycles. The van der Waals surface area contributed by atoms with Crippen LogP contribution in [0, 0.1) is 6.92 Å². The van der Waals surface area contributed by atoms with Gasteiger partial charge in [0.1, 0.15) is 0 Å². The lowest BCUT2D eigenvalue weighted by atomic mass is 10.1. The SMILES string of the molecule is Cc1cnccc1-n1cc(-c2ccccc2N)cn1. The maximum atomic E-state index is 5.98. The van der Waals surface area contributed by atoms with E-state index in [0.717, 1.165) is 28.1 Å². The van der Waals surface area contributed by atoms with Crippen LogP contribution < -0.4 is 5.73 Å². The van der Waals surface area contributed by atoms with Crippen LogP contribution in [0.1, 0.15) is 5.56 Å². The second-order valence-electron chi connectivity index (χ2n) is 4.42.